The monoisotopic (exact) mass is 539 g/mol. The van der Waals surface area contributed by atoms with Gasteiger partial charge in [-0.25, -0.2) is 4.79 Å². The van der Waals surface area contributed by atoms with E-state index in [9.17, 15) is 14.4 Å². The molecule has 0 spiro atoms. The second-order valence-electron chi connectivity index (χ2n) is 7.60. The summed E-state index contributed by atoms with van der Waals surface area (Å²) in [4.78, 5) is 40.3. The van der Waals surface area contributed by atoms with Gasteiger partial charge in [0.05, 0.1) is 30.8 Å². The molecule has 0 aliphatic carbocycles. The predicted octanol–water partition coefficient (Wildman–Crippen LogP) is 1.29. The standard InChI is InChI=1S/C16H22N2O4.C7H8ClN3O2.CH4O/c19-10-11-22-16(21)13-4-6-14(7-5-13)17-15(20)12-18-8-2-1-3-9-18;1-13-7-3(6(10)12)2-4(8)5(9)11-7;1-2/h4-7,19H,1-3,8-12H2,(H,17,20);2H,1H3,(H2,9,11)(H2,10,12);2H,1H3. The third-order valence-corrected chi connectivity index (χ3v) is 5.27. The number of halogens is 1. The number of rotatable bonds is 8. The number of nitrogens with two attached hydrogens (primary N) is 2. The number of pyridine rings is 1. The Balaban J connectivity index is 0.000000389. The lowest BCUT2D eigenvalue weighted by Crippen LogP contribution is -2.36. The van der Waals surface area contributed by atoms with Crippen molar-refractivity contribution in [3.05, 3.63) is 46.5 Å². The van der Waals surface area contributed by atoms with Crippen LogP contribution in [0, 0.1) is 0 Å². The lowest BCUT2D eigenvalue weighted by molar-refractivity contribution is -0.117. The molecule has 0 bridgehead atoms. The van der Waals surface area contributed by atoms with E-state index in [0.29, 0.717) is 17.8 Å². The van der Waals surface area contributed by atoms with Crippen molar-refractivity contribution in [1.29, 1.82) is 0 Å². The molecule has 1 aromatic carbocycles. The molecule has 12 nitrogen and oxygen atoms in total. The molecule has 204 valence electrons. The summed E-state index contributed by atoms with van der Waals surface area (Å²) in [6.45, 7) is 2.13. The molecule has 3 rings (SSSR count). The Kier molecular flexibility index (Phi) is 14.6. The quantitative estimate of drug-likeness (QED) is 0.305. The summed E-state index contributed by atoms with van der Waals surface area (Å²) in [7, 11) is 2.36. The number of ether oxygens (including phenoxy) is 2. The average Bonchev–Trinajstić information content (AvgIpc) is 2.91. The van der Waals surface area contributed by atoms with Crippen LogP contribution in [0.4, 0.5) is 11.5 Å². The number of nitrogen functional groups attached to an aromatic ring is 1. The number of hydrogen-bond donors (Lipinski definition) is 5. The summed E-state index contributed by atoms with van der Waals surface area (Å²) < 4.78 is 9.61. The number of nitrogens with one attached hydrogen (secondary N) is 1. The number of aliphatic hydroxyl groups is 2. The molecule has 37 heavy (non-hydrogen) atoms. The summed E-state index contributed by atoms with van der Waals surface area (Å²) >= 11 is 5.64. The van der Waals surface area contributed by atoms with Gasteiger partial charge >= 0.3 is 5.97 Å². The number of aliphatic hydroxyl groups excluding tert-OH is 2. The van der Waals surface area contributed by atoms with Crippen LogP contribution < -0.4 is 21.5 Å². The highest BCUT2D eigenvalue weighted by Gasteiger charge is 2.15. The highest BCUT2D eigenvalue weighted by Crippen LogP contribution is 2.24. The molecule has 0 atom stereocenters. The molecule has 0 saturated carbocycles. The molecule has 1 saturated heterocycles. The maximum atomic E-state index is 12.0. The Morgan fingerprint density at radius 1 is 1.14 bits per heavy atom. The number of benzene rings is 1. The Morgan fingerprint density at radius 3 is 2.30 bits per heavy atom. The van der Waals surface area contributed by atoms with E-state index in [2.05, 4.69) is 15.2 Å². The van der Waals surface area contributed by atoms with Crippen LogP contribution in [0.3, 0.4) is 0 Å². The van der Waals surface area contributed by atoms with E-state index < -0.39 is 11.9 Å². The molecule has 7 N–H and O–H groups in total. The number of anilines is 2. The third kappa shape index (κ3) is 11.0. The fraction of sp³-hybridized carbons (Fsp3) is 0.417. The topological polar surface area (TPSA) is 190 Å². The van der Waals surface area contributed by atoms with Gasteiger partial charge in [-0.3, -0.25) is 14.5 Å². The van der Waals surface area contributed by atoms with Gasteiger partial charge < -0.3 is 36.5 Å². The van der Waals surface area contributed by atoms with Gasteiger partial charge in [-0.2, -0.15) is 4.98 Å². The first-order chi connectivity index (χ1) is 17.7. The zero-order valence-electron chi connectivity index (χ0n) is 20.9. The number of aromatic nitrogens is 1. The van der Waals surface area contributed by atoms with Crippen LogP contribution >= 0.6 is 11.6 Å². The van der Waals surface area contributed by atoms with Gasteiger partial charge in [0.1, 0.15) is 18.0 Å². The number of nitrogens with zero attached hydrogens (tertiary/aromatic N) is 2. The lowest BCUT2D eigenvalue weighted by atomic mass is 10.1. The normalized spacial score (nSPS) is 12.7. The summed E-state index contributed by atoms with van der Waals surface area (Å²) in [6.07, 6.45) is 3.54. The number of primary amides is 1. The Labute approximate surface area is 220 Å². The number of methoxy groups -OCH3 is 1. The number of amides is 2. The van der Waals surface area contributed by atoms with Crippen molar-refractivity contribution in [2.24, 2.45) is 5.73 Å². The van der Waals surface area contributed by atoms with Crippen molar-refractivity contribution < 1.29 is 34.1 Å². The van der Waals surface area contributed by atoms with Crippen molar-refractivity contribution in [2.75, 3.05) is 58.1 Å². The van der Waals surface area contributed by atoms with Crippen molar-refractivity contribution in [3.8, 4) is 5.88 Å². The predicted molar refractivity (Wildman–Crippen MR) is 140 cm³/mol. The van der Waals surface area contributed by atoms with Crippen LogP contribution in [0.1, 0.15) is 40.0 Å². The van der Waals surface area contributed by atoms with E-state index in [-0.39, 0.29) is 41.4 Å². The van der Waals surface area contributed by atoms with E-state index in [4.69, 9.17) is 42.8 Å². The zero-order chi connectivity index (χ0) is 27.8. The molecular weight excluding hydrogens is 506 g/mol. The first kappa shape index (κ1) is 31.6. The van der Waals surface area contributed by atoms with E-state index in [1.807, 2.05) is 0 Å². The molecule has 0 radical (unpaired) electrons. The first-order valence-corrected chi connectivity index (χ1v) is 11.8. The lowest BCUT2D eigenvalue weighted by Gasteiger charge is -2.25. The van der Waals surface area contributed by atoms with Gasteiger partial charge in [0.15, 0.2) is 0 Å². The number of likely N-dealkylation sites (tertiary alicyclic amines) is 1. The van der Waals surface area contributed by atoms with Crippen LogP contribution in [0.5, 0.6) is 5.88 Å². The minimum absolute atomic E-state index is 0.0207. The van der Waals surface area contributed by atoms with E-state index >= 15 is 0 Å². The second-order valence-corrected chi connectivity index (χ2v) is 8.01. The van der Waals surface area contributed by atoms with Crippen LogP contribution in [0.25, 0.3) is 0 Å². The Morgan fingerprint density at radius 2 is 1.76 bits per heavy atom. The second kappa shape index (κ2) is 17.1. The maximum Gasteiger partial charge on any atom is 0.338 e. The van der Waals surface area contributed by atoms with E-state index in [1.54, 1.807) is 24.3 Å². The van der Waals surface area contributed by atoms with Gasteiger partial charge in [-0.15, -0.1) is 0 Å². The average molecular weight is 540 g/mol. The number of hydrogen-bond acceptors (Lipinski definition) is 10. The molecule has 2 aromatic rings. The highest BCUT2D eigenvalue weighted by atomic mass is 35.5. The molecule has 1 aliphatic rings. The Bertz CT molecular complexity index is 1020. The van der Waals surface area contributed by atoms with Gasteiger partial charge in [0.2, 0.25) is 11.8 Å². The molecule has 2 amide bonds. The molecule has 1 aliphatic heterocycles. The highest BCUT2D eigenvalue weighted by molar-refractivity contribution is 6.33. The number of piperidine rings is 1. The Hall–Kier alpha value is -3.45. The number of esters is 1. The third-order valence-electron chi connectivity index (χ3n) is 4.97. The van der Waals surface area contributed by atoms with Crippen molar-refractivity contribution in [3.63, 3.8) is 0 Å². The van der Waals surface area contributed by atoms with Crippen LogP contribution in [0.15, 0.2) is 30.3 Å². The van der Waals surface area contributed by atoms with Crippen LogP contribution in [0.2, 0.25) is 5.02 Å². The van der Waals surface area contributed by atoms with Gasteiger partial charge in [0, 0.05) is 12.8 Å². The SMILES string of the molecule is CO.COc1nc(N)c(Cl)cc1C(N)=O.O=C(CN1CCCCC1)Nc1ccc(C(=O)OCCO)cc1. The van der Waals surface area contributed by atoms with Crippen LogP contribution in [-0.2, 0) is 9.53 Å². The first-order valence-electron chi connectivity index (χ1n) is 11.4. The summed E-state index contributed by atoms with van der Waals surface area (Å²) in [5.41, 5.74) is 11.6. The fourth-order valence-corrected chi connectivity index (χ4v) is 3.40. The summed E-state index contributed by atoms with van der Waals surface area (Å²) in [5.74, 6) is -1.01. The van der Waals surface area contributed by atoms with Crippen molar-refractivity contribution in [1.82, 2.24) is 9.88 Å². The summed E-state index contributed by atoms with van der Waals surface area (Å²) in [6, 6.07) is 7.85. The smallest absolute Gasteiger partial charge is 0.338 e. The molecule has 2 heterocycles. The van der Waals surface area contributed by atoms with Crippen molar-refractivity contribution in [2.45, 2.75) is 19.3 Å². The molecular formula is C24H34ClN5O7. The van der Waals surface area contributed by atoms with E-state index in [0.717, 1.165) is 33.0 Å². The summed E-state index contributed by atoms with van der Waals surface area (Å²) in [5, 5.41) is 18.6. The van der Waals surface area contributed by atoms with Crippen molar-refractivity contribution >= 4 is 40.9 Å². The number of carbonyl (C=O) groups is 3. The molecule has 13 heteroatoms. The van der Waals surface area contributed by atoms with E-state index in [1.165, 1.54) is 19.6 Å². The molecule has 1 aromatic heterocycles. The maximum absolute atomic E-state index is 12.0. The van der Waals surface area contributed by atoms with Crippen LogP contribution in [-0.4, -0.2) is 84.9 Å². The minimum Gasteiger partial charge on any atom is -0.480 e. The van der Waals surface area contributed by atoms with Gasteiger partial charge in [-0.05, 0) is 56.3 Å². The zero-order valence-corrected chi connectivity index (χ0v) is 21.7. The number of carbonyl (C=O) groups excluding carboxylic acids is 3. The van der Waals surface area contributed by atoms with Gasteiger partial charge in [0.25, 0.3) is 5.91 Å². The van der Waals surface area contributed by atoms with Gasteiger partial charge in [-0.1, -0.05) is 18.0 Å². The fourth-order valence-electron chi connectivity index (χ4n) is 3.25. The molecule has 1 fully saturated rings. The largest absolute Gasteiger partial charge is 0.480 e. The molecule has 0 unspecified atom stereocenters. The minimum atomic E-state index is -0.661.